The fraction of sp³-hybridized carbons (Fsp3) is 0.0323. The summed E-state index contributed by atoms with van der Waals surface area (Å²) in [6, 6.07) is 50.4. The number of nitrogens with zero attached hydrogens (tertiary/aromatic N) is 2. The first-order valence-electron chi connectivity index (χ1n) is 11.1. The second-order valence-corrected chi connectivity index (χ2v) is 7.93. The van der Waals surface area contributed by atoms with Crippen molar-refractivity contribution in [3.05, 3.63) is 168 Å². The molecule has 0 aliphatic rings. The zero-order chi connectivity index (χ0) is 22.3. The van der Waals surface area contributed by atoms with E-state index in [1.165, 1.54) is 22.3 Å². The van der Waals surface area contributed by atoms with Crippen LogP contribution in [0.2, 0.25) is 0 Å². The second-order valence-electron chi connectivity index (χ2n) is 7.93. The predicted molar refractivity (Wildman–Crippen MR) is 135 cm³/mol. The van der Waals surface area contributed by atoms with E-state index in [0.717, 1.165) is 11.4 Å². The van der Waals surface area contributed by atoms with Crippen LogP contribution >= 0.6 is 0 Å². The smallest absolute Gasteiger partial charge is 0.0857 e. The van der Waals surface area contributed by atoms with Gasteiger partial charge >= 0.3 is 0 Å². The van der Waals surface area contributed by atoms with Gasteiger partial charge in [-0.25, -0.2) is 0 Å². The van der Waals surface area contributed by atoms with Gasteiger partial charge < -0.3 is 0 Å². The van der Waals surface area contributed by atoms with Gasteiger partial charge in [-0.3, -0.25) is 0 Å². The molecular weight excluding hydrogens is 400 g/mol. The SMILES string of the molecule is c1ccc(/N=N/c2ccc(C(c3ccccc3)(c3ccccc3)c3ccccc3)cc2)cc1. The molecule has 0 spiro atoms. The molecular formula is C31H24N2. The third-order valence-corrected chi connectivity index (χ3v) is 5.96. The van der Waals surface area contributed by atoms with Crippen molar-refractivity contribution in [2.45, 2.75) is 5.41 Å². The minimum atomic E-state index is -0.446. The second kappa shape index (κ2) is 9.46. The highest BCUT2D eigenvalue weighted by Crippen LogP contribution is 2.45. The molecule has 0 bridgehead atoms. The maximum Gasteiger partial charge on any atom is 0.0857 e. The van der Waals surface area contributed by atoms with E-state index in [2.05, 4.69) is 113 Å². The molecule has 5 rings (SSSR count). The molecule has 0 atom stereocenters. The highest BCUT2D eigenvalue weighted by molar-refractivity contribution is 5.60. The van der Waals surface area contributed by atoms with Crippen LogP contribution < -0.4 is 0 Å². The number of benzene rings is 5. The lowest BCUT2D eigenvalue weighted by molar-refractivity contribution is 0.745. The molecule has 0 N–H and O–H groups in total. The zero-order valence-electron chi connectivity index (χ0n) is 18.3. The largest absolute Gasteiger partial charge is 0.151 e. The van der Waals surface area contributed by atoms with Crippen LogP contribution in [0.3, 0.4) is 0 Å². The summed E-state index contributed by atoms with van der Waals surface area (Å²) < 4.78 is 0. The van der Waals surface area contributed by atoms with Crippen LogP contribution in [0, 0.1) is 0 Å². The molecule has 2 nitrogen and oxygen atoms in total. The van der Waals surface area contributed by atoms with Crippen molar-refractivity contribution in [3.63, 3.8) is 0 Å². The molecule has 2 heteroatoms. The molecule has 0 aliphatic carbocycles. The Morgan fingerprint density at radius 1 is 0.303 bits per heavy atom. The van der Waals surface area contributed by atoms with Gasteiger partial charge in [-0.1, -0.05) is 121 Å². The summed E-state index contributed by atoms with van der Waals surface area (Å²) in [4.78, 5) is 0. The van der Waals surface area contributed by atoms with E-state index in [4.69, 9.17) is 0 Å². The summed E-state index contributed by atoms with van der Waals surface area (Å²) in [5.41, 5.74) is 6.08. The highest BCUT2D eigenvalue weighted by atomic mass is 15.1. The molecule has 5 aromatic carbocycles. The molecule has 0 unspecified atom stereocenters. The number of hydrogen-bond donors (Lipinski definition) is 0. The maximum atomic E-state index is 4.44. The molecule has 0 fully saturated rings. The summed E-state index contributed by atoms with van der Waals surface area (Å²) >= 11 is 0. The first-order chi connectivity index (χ1) is 16.4. The number of rotatable bonds is 6. The van der Waals surface area contributed by atoms with Crippen molar-refractivity contribution >= 4 is 11.4 Å². The highest BCUT2D eigenvalue weighted by Gasteiger charge is 2.37. The molecule has 5 aromatic rings. The van der Waals surface area contributed by atoms with Gasteiger partial charge in [0.25, 0.3) is 0 Å². The van der Waals surface area contributed by atoms with Crippen LogP contribution in [0.5, 0.6) is 0 Å². The van der Waals surface area contributed by atoms with Crippen LogP contribution in [0.15, 0.2) is 156 Å². The molecule has 0 heterocycles. The summed E-state index contributed by atoms with van der Waals surface area (Å²) in [6.07, 6.45) is 0. The lowest BCUT2D eigenvalue weighted by Crippen LogP contribution is -2.30. The topological polar surface area (TPSA) is 24.7 Å². The van der Waals surface area contributed by atoms with Gasteiger partial charge in [-0.15, -0.1) is 0 Å². The van der Waals surface area contributed by atoms with E-state index < -0.39 is 5.41 Å². The Morgan fingerprint density at radius 3 is 1.00 bits per heavy atom. The van der Waals surface area contributed by atoms with Crippen molar-refractivity contribution in [3.8, 4) is 0 Å². The standard InChI is InChI=1S/C31H24N2/c1-5-13-25(14-6-1)31(26-15-7-2-8-16-26,27-17-9-3-10-18-27)28-21-23-30(24-22-28)33-32-29-19-11-4-12-20-29/h1-24H/b33-32+. The van der Waals surface area contributed by atoms with Gasteiger partial charge in [0.2, 0.25) is 0 Å². The quantitative estimate of drug-likeness (QED) is 0.193. The lowest BCUT2D eigenvalue weighted by Gasteiger charge is -2.36. The van der Waals surface area contributed by atoms with E-state index in [-0.39, 0.29) is 0 Å². The molecule has 0 amide bonds. The summed E-state index contributed by atoms with van der Waals surface area (Å²) in [7, 11) is 0. The van der Waals surface area contributed by atoms with Crippen molar-refractivity contribution in [2.75, 3.05) is 0 Å². The van der Waals surface area contributed by atoms with Gasteiger partial charge in [0, 0.05) is 0 Å². The Balaban J connectivity index is 1.67. The van der Waals surface area contributed by atoms with Crippen LogP contribution in [-0.2, 0) is 5.41 Å². The Hall–Kier alpha value is -4.30. The molecule has 158 valence electrons. The lowest BCUT2D eigenvalue weighted by atomic mass is 9.65. The van der Waals surface area contributed by atoms with Crippen molar-refractivity contribution < 1.29 is 0 Å². The van der Waals surface area contributed by atoms with Crippen molar-refractivity contribution in [1.29, 1.82) is 0 Å². The predicted octanol–water partition coefficient (Wildman–Crippen LogP) is 8.48. The van der Waals surface area contributed by atoms with Crippen LogP contribution in [-0.4, -0.2) is 0 Å². The van der Waals surface area contributed by atoms with Gasteiger partial charge in [-0.05, 0) is 46.5 Å². The van der Waals surface area contributed by atoms with Crippen LogP contribution in [0.25, 0.3) is 0 Å². The fourth-order valence-corrected chi connectivity index (χ4v) is 4.45. The first-order valence-corrected chi connectivity index (χ1v) is 11.1. The van der Waals surface area contributed by atoms with E-state index in [0.29, 0.717) is 0 Å². The third-order valence-electron chi connectivity index (χ3n) is 5.96. The van der Waals surface area contributed by atoms with Crippen LogP contribution in [0.4, 0.5) is 11.4 Å². The summed E-state index contributed by atoms with van der Waals surface area (Å²) in [6.45, 7) is 0. The Bertz CT molecular complexity index is 1220. The Labute approximate surface area is 194 Å². The monoisotopic (exact) mass is 424 g/mol. The summed E-state index contributed by atoms with van der Waals surface area (Å²) in [5.74, 6) is 0. The average Bonchev–Trinajstić information content (AvgIpc) is 2.91. The normalized spacial score (nSPS) is 11.5. The minimum absolute atomic E-state index is 0.446. The van der Waals surface area contributed by atoms with Crippen molar-refractivity contribution in [2.24, 2.45) is 10.2 Å². The maximum absolute atomic E-state index is 4.44. The third kappa shape index (κ3) is 4.11. The average molecular weight is 425 g/mol. The Kier molecular flexibility index (Phi) is 5.90. The molecule has 0 aliphatic heterocycles. The van der Waals surface area contributed by atoms with Gasteiger partial charge in [0.15, 0.2) is 0 Å². The molecule has 0 saturated heterocycles. The van der Waals surface area contributed by atoms with E-state index in [1.807, 2.05) is 42.5 Å². The van der Waals surface area contributed by atoms with Gasteiger partial charge in [0.1, 0.15) is 0 Å². The minimum Gasteiger partial charge on any atom is -0.151 e. The molecule has 0 saturated carbocycles. The molecule has 33 heavy (non-hydrogen) atoms. The molecule has 0 aromatic heterocycles. The summed E-state index contributed by atoms with van der Waals surface area (Å²) in [5, 5.41) is 8.81. The Morgan fingerprint density at radius 2 is 0.606 bits per heavy atom. The molecule has 0 radical (unpaired) electrons. The number of hydrogen-bond acceptors (Lipinski definition) is 2. The van der Waals surface area contributed by atoms with Crippen LogP contribution in [0.1, 0.15) is 22.3 Å². The zero-order valence-corrected chi connectivity index (χ0v) is 18.3. The fourth-order valence-electron chi connectivity index (χ4n) is 4.45. The van der Waals surface area contributed by atoms with Gasteiger partial charge in [-0.2, -0.15) is 10.2 Å². The number of azo groups is 1. The van der Waals surface area contributed by atoms with Crippen molar-refractivity contribution in [1.82, 2.24) is 0 Å². The van der Waals surface area contributed by atoms with E-state index >= 15 is 0 Å². The van der Waals surface area contributed by atoms with E-state index in [1.54, 1.807) is 0 Å². The van der Waals surface area contributed by atoms with E-state index in [9.17, 15) is 0 Å². The van der Waals surface area contributed by atoms with Gasteiger partial charge in [0.05, 0.1) is 16.8 Å². The first kappa shape index (κ1) is 20.6.